The second-order valence-corrected chi connectivity index (χ2v) is 9.29. The fourth-order valence-electron chi connectivity index (χ4n) is 3.78. The lowest BCUT2D eigenvalue weighted by atomic mass is 10.1. The minimum absolute atomic E-state index is 0.147. The largest absolute Gasteiger partial charge is 0.371 e. The van der Waals surface area contributed by atoms with Crippen molar-refractivity contribution < 1.29 is 14.4 Å². The lowest BCUT2D eigenvalue weighted by molar-refractivity contribution is -0.135. The van der Waals surface area contributed by atoms with E-state index >= 15 is 0 Å². The third-order valence-corrected chi connectivity index (χ3v) is 7.04. The molecule has 0 spiro atoms. The molecule has 0 unspecified atom stereocenters. The zero-order valence-electron chi connectivity index (χ0n) is 17.5. The van der Waals surface area contributed by atoms with Crippen molar-refractivity contribution in [2.45, 2.75) is 39.5 Å². The van der Waals surface area contributed by atoms with Crippen LogP contribution in [0.1, 0.15) is 45.1 Å². The van der Waals surface area contributed by atoms with Crippen molar-refractivity contribution >= 4 is 56.5 Å². The molecule has 0 aliphatic carbocycles. The van der Waals surface area contributed by atoms with Crippen molar-refractivity contribution in [2.24, 2.45) is 0 Å². The Hall–Kier alpha value is -1.80. The van der Waals surface area contributed by atoms with Gasteiger partial charge in [0, 0.05) is 30.7 Å². The van der Waals surface area contributed by atoms with Crippen molar-refractivity contribution in [3.63, 3.8) is 0 Å². The summed E-state index contributed by atoms with van der Waals surface area (Å²) in [5.41, 5.74) is 1.93. The molecule has 2 heterocycles. The van der Waals surface area contributed by atoms with Crippen LogP contribution in [-0.4, -0.2) is 59.6 Å². The van der Waals surface area contributed by atoms with E-state index in [4.69, 9.17) is 0 Å². The summed E-state index contributed by atoms with van der Waals surface area (Å²) in [4.78, 5) is 43.2. The molecular weight excluding hydrogens is 466 g/mol. The van der Waals surface area contributed by atoms with E-state index in [-0.39, 0.29) is 17.7 Å². The van der Waals surface area contributed by atoms with E-state index < -0.39 is 5.91 Å². The van der Waals surface area contributed by atoms with Gasteiger partial charge in [-0.15, -0.1) is 0 Å². The van der Waals surface area contributed by atoms with Gasteiger partial charge in [-0.3, -0.25) is 19.3 Å². The zero-order valence-corrected chi connectivity index (χ0v) is 19.9. The second kappa shape index (κ2) is 10.5. The molecule has 0 aromatic heterocycles. The van der Waals surface area contributed by atoms with Crippen molar-refractivity contribution in [3.05, 3.63) is 33.1 Å². The zero-order chi connectivity index (χ0) is 21.7. The van der Waals surface area contributed by atoms with E-state index in [1.54, 1.807) is 11.0 Å². The normalized spacial score (nSPS) is 18.8. The highest BCUT2D eigenvalue weighted by molar-refractivity contribution is 9.10. The van der Waals surface area contributed by atoms with Crippen LogP contribution in [0.15, 0.2) is 27.6 Å². The molecule has 2 saturated heterocycles. The topological polar surface area (TPSA) is 60.9 Å². The van der Waals surface area contributed by atoms with Crippen LogP contribution in [0.3, 0.4) is 0 Å². The monoisotopic (exact) mass is 493 g/mol. The molecular formula is C22H28BrN3O3S. The third kappa shape index (κ3) is 5.27. The Morgan fingerprint density at radius 1 is 1.13 bits per heavy atom. The quantitative estimate of drug-likeness (QED) is 0.535. The number of rotatable bonds is 6. The summed E-state index contributed by atoms with van der Waals surface area (Å²) in [5, 5.41) is -0.381. The van der Waals surface area contributed by atoms with Gasteiger partial charge in [0.25, 0.3) is 11.1 Å². The Balaban J connectivity index is 1.71. The molecule has 30 heavy (non-hydrogen) atoms. The summed E-state index contributed by atoms with van der Waals surface area (Å²) in [6.07, 6.45) is 5.92. The Kier molecular flexibility index (Phi) is 7.99. The molecule has 3 amide bonds. The molecule has 2 aliphatic heterocycles. The van der Waals surface area contributed by atoms with Crippen molar-refractivity contribution in [1.82, 2.24) is 9.80 Å². The van der Waals surface area contributed by atoms with Crippen LogP contribution < -0.4 is 4.90 Å². The van der Waals surface area contributed by atoms with Crippen LogP contribution in [0.4, 0.5) is 10.5 Å². The van der Waals surface area contributed by atoms with Gasteiger partial charge < -0.3 is 9.80 Å². The van der Waals surface area contributed by atoms with Gasteiger partial charge in [0.2, 0.25) is 5.91 Å². The van der Waals surface area contributed by atoms with Crippen LogP contribution in [0.2, 0.25) is 0 Å². The van der Waals surface area contributed by atoms with E-state index in [1.165, 1.54) is 0 Å². The van der Waals surface area contributed by atoms with Gasteiger partial charge in [-0.1, -0.05) is 18.9 Å². The number of halogens is 1. The number of thioether (sulfide) groups is 1. The minimum atomic E-state index is -0.392. The molecule has 2 fully saturated rings. The molecule has 0 saturated carbocycles. The van der Waals surface area contributed by atoms with Crippen LogP contribution >= 0.6 is 27.7 Å². The summed E-state index contributed by atoms with van der Waals surface area (Å²) in [6.45, 7) is 7.25. The maximum absolute atomic E-state index is 12.8. The Bertz CT molecular complexity index is 846. The molecule has 0 N–H and O–H groups in total. The molecule has 8 heteroatoms. The van der Waals surface area contributed by atoms with E-state index in [1.807, 2.05) is 18.2 Å². The van der Waals surface area contributed by atoms with Crippen molar-refractivity contribution in [1.29, 1.82) is 0 Å². The minimum Gasteiger partial charge on any atom is -0.371 e. The summed E-state index contributed by atoms with van der Waals surface area (Å²) < 4.78 is 0.940. The highest BCUT2D eigenvalue weighted by Crippen LogP contribution is 2.34. The first kappa shape index (κ1) is 22.9. The predicted molar refractivity (Wildman–Crippen MR) is 125 cm³/mol. The Labute approximate surface area is 190 Å². The van der Waals surface area contributed by atoms with Crippen LogP contribution in [0.5, 0.6) is 0 Å². The van der Waals surface area contributed by atoms with E-state index in [0.717, 1.165) is 71.2 Å². The number of hydrogen-bond acceptors (Lipinski definition) is 5. The number of carbonyl (C=O) groups is 3. The van der Waals surface area contributed by atoms with Crippen LogP contribution in [0, 0.1) is 0 Å². The first-order valence-corrected chi connectivity index (χ1v) is 12.1. The van der Waals surface area contributed by atoms with Gasteiger partial charge in [0.1, 0.15) is 6.54 Å². The third-order valence-electron chi connectivity index (χ3n) is 5.50. The van der Waals surface area contributed by atoms with Crippen LogP contribution in [-0.2, 0) is 9.59 Å². The fraction of sp³-hybridized carbons (Fsp3) is 0.500. The smallest absolute Gasteiger partial charge is 0.294 e. The number of nitrogens with zero attached hydrogens (tertiary/aromatic N) is 3. The number of imide groups is 1. The molecule has 6 nitrogen and oxygen atoms in total. The predicted octanol–water partition coefficient (Wildman–Crippen LogP) is 4.73. The Morgan fingerprint density at radius 3 is 2.40 bits per heavy atom. The number of anilines is 1. The van der Waals surface area contributed by atoms with E-state index in [9.17, 15) is 14.4 Å². The number of hydrogen-bond donors (Lipinski definition) is 0. The van der Waals surface area contributed by atoms with Gasteiger partial charge in [-0.25, -0.2) is 0 Å². The standard InChI is InChI=1S/C22H28BrN3O3S/c1-3-24(4-2)18-10-9-16(13-17(18)23)14-19-21(28)26(22(29)30-19)15-20(27)25-11-7-5-6-8-12-25/h9-10,13-14H,3-8,11-12,15H2,1-2H3. The summed E-state index contributed by atoms with van der Waals surface area (Å²) in [7, 11) is 0. The number of amides is 3. The average molecular weight is 494 g/mol. The molecule has 0 radical (unpaired) electrons. The molecule has 3 rings (SSSR count). The number of benzene rings is 1. The molecule has 2 aliphatic rings. The summed E-state index contributed by atoms with van der Waals surface area (Å²) in [5.74, 6) is -0.538. The summed E-state index contributed by atoms with van der Waals surface area (Å²) in [6, 6.07) is 5.90. The van der Waals surface area contributed by atoms with E-state index in [0.29, 0.717) is 18.0 Å². The fourth-order valence-corrected chi connectivity index (χ4v) is 5.26. The lowest BCUT2D eigenvalue weighted by Gasteiger charge is -2.22. The van der Waals surface area contributed by atoms with Crippen molar-refractivity contribution in [2.75, 3.05) is 37.6 Å². The van der Waals surface area contributed by atoms with E-state index in [2.05, 4.69) is 34.7 Å². The van der Waals surface area contributed by atoms with Gasteiger partial charge in [-0.2, -0.15) is 0 Å². The second-order valence-electron chi connectivity index (χ2n) is 7.45. The molecule has 1 aromatic rings. The lowest BCUT2D eigenvalue weighted by Crippen LogP contribution is -2.42. The summed E-state index contributed by atoms with van der Waals surface area (Å²) >= 11 is 4.51. The first-order valence-electron chi connectivity index (χ1n) is 10.5. The average Bonchev–Trinajstić information content (AvgIpc) is 2.93. The maximum Gasteiger partial charge on any atom is 0.294 e. The molecule has 0 atom stereocenters. The van der Waals surface area contributed by atoms with Gasteiger partial charge in [-0.05, 0) is 78.2 Å². The number of carbonyl (C=O) groups excluding carboxylic acids is 3. The molecule has 162 valence electrons. The molecule has 0 bridgehead atoms. The number of likely N-dealkylation sites (tertiary alicyclic amines) is 1. The molecule has 1 aromatic carbocycles. The highest BCUT2D eigenvalue weighted by atomic mass is 79.9. The SMILES string of the molecule is CCN(CC)c1ccc(C=C2SC(=O)N(CC(=O)N3CCCCCC3)C2=O)cc1Br. The maximum atomic E-state index is 12.8. The first-order chi connectivity index (χ1) is 14.4. The van der Waals surface area contributed by atoms with Gasteiger partial charge in [0.05, 0.1) is 10.6 Å². The highest BCUT2D eigenvalue weighted by Gasteiger charge is 2.37. The van der Waals surface area contributed by atoms with Crippen LogP contribution in [0.25, 0.3) is 6.08 Å². The Morgan fingerprint density at radius 2 is 1.80 bits per heavy atom. The van der Waals surface area contributed by atoms with Crippen molar-refractivity contribution in [3.8, 4) is 0 Å². The van der Waals surface area contributed by atoms with Gasteiger partial charge in [0.15, 0.2) is 0 Å². The van der Waals surface area contributed by atoms with Gasteiger partial charge >= 0.3 is 0 Å².